The Morgan fingerprint density at radius 3 is 2.67 bits per heavy atom. The van der Waals surface area contributed by atoms with E-state index in [0.29, 0.717) is 12.5 Å². The van der Waals surface area contributed by atoms with E-state index in [4.69, 9.17) is 0 Å². The van der Waals surface area contributed by atoms with E-state index in [1.54, 1.807) is 7.05 Å². The number of likely N-dealkylation sites (tertiary alicyclic amines) is 1. The number of rotatable bonds is 9. The van der Waals surface area contributed by atoms with Gasteiger partial charge in [0.1, 0.15) is 0 Å². The predicted molar refractivity (Wildman–Crippen MR) is 99.3 cm³/mol. The lowest BCUT2D eigenvalue weighted by Crippen LogP contribution is -2.46. The summed E-state index contributed by atoms with van der Waals surface area (Å²) in [5.41, 5.74) is 0. The van der Waals surface area contributed by atoms with Gasteiger partial charge in [-0.15, -0.1) is 0 Å². The van der Waals surface area contributed by atoms with Crippen LogP contribution in [0.3, 0.4) is 0 Å². The molecular weight excluding hydrogens is 302 g/mol. The summed E-state index contributed by atoms with van der Waals surface area (Å²) in [5.74, 6) is 1.01. The van der Waals surface area contributed by atoms with Crippen LogP contribution in [0, 0.1) is 0 Å². The molecular formula is C18H35N5O. The van der Waals surface area contributed by atoms with Crippen molar-refractivity contribution >= 4 is 11.9 Å². The van der Waals surface area contributed by atoms with Gasteiger partial charge in [-0.2, -0.15) is 0 Å². The number of carbonyl (C=O) groups is 1. The number of nitrogens with one attached hydrogen (secondary N) is 3. The highest BCUT2D eigenvalue weighted by Gasteiger charge is 2.22. The van der Waals surface area contributed by atoms with Gasteiger partial charge in [0, 0.05) is 45.2 Å². The zero-order chi connectivity index (χ0) is 17.2. The average Bonchev–Trinajstić information content (AvgIpc) is 3.41. The van der Waals surface area contributed by atoms with Crippen LogP contribution in [-0.2, 0) is 4.79 Å². The third-order valence-electron chi connectivity index (χ3n) is 4.95. The molecule has 0 spiro atoms. The number of nitrogens with zero attached hydrogens (tertiary/aromatic N) is 2. The first-order valence-corrected chi connectivity index (χ1v) is 9.71. The highest BCUT2D eigenvalue weighted by molar-refractivity contribution is 5.80. The van der Waals surface area contributed by atoms with Crippen molar-refractivity contribution in [2.45, 2.75) is 70.4 Å². The van der Waals surface area contributed by atoms with E-state index in [1.807, 2.05) is 0 Å². The Bertz CT molecular complexity index is 408. The van der Waals surface area contributed by atoms with Crippen LogP contribution in [0.2, 0.25) is 0 Å². The largest absolute Gasteiger partial charge is 0.356 e. The summed E-state index contributed by atoms with van der Waals surface area (Å²) < 4.78 is 0. The van der Waals surface area contributed by atoms with Crippen molar-refractivity contribution in [3.63, 3.8) is 0 Å². The van der Waals surface area contributed by atoms with Gasteiger partial charge in [0.25, 0.3) is 0 Å². The van der Waals surface area contributed by atoms with Crippen LogP contribution in [0.5, 0.6) is 0 Å². The third kappa shape index (κ3) is 7.07. The predicted octanol–water partition coefficient (Wildman–Crippen LogP) is 1.47. The molecule has 1 aliphatic heterocycles. The fourth-order valence-corrected chi connectivity index (χ4v) is 3.34. The van der Waals surface area contributed by atoms with E-state index in [9.17, 15) is 4.79 Å². The number of carbonyl (C=O) groups excluding carboxylic acids is 1. The number of piperidine rings is 1. The average molecular weight is 338 g/mol. The molecule has 6 nitrogen and oxygen atoms in total. The van der Waals surface area contributed by atoms with Gasteiger partial charge in [-0.25, -0.2) is 0 Å². The Morgan fingerprint density at radius 2 is 1.96 bits per heavy atom. The minimum atomic E-state index is 0.179. The van der Waals surface area contributed by atoms with E-state index in [1.165, 1.54) is 32.2 Å². The van der Waals surface area contributed by atoms with Gasteiger partial charge in [0.05, 0.1) is 0 Å². The third-order valence-corrected chi connectivity index (χ3v) is 4.95. The van der Waals surface area contributed by atoms with Crippen molar-refractivity contribution in [3.05, 3.63) is 0 Å². The normalized spacial score (nSPS) is 22.2. The Hall–Kier alpha value is -1.30. The van der Waals surface area contributed by atoms with Gasteiger partial charge in [-0.05, 0) is 45.1 Å². The summed E-state index contributed by atoms with van der Waals surface area (Å²) in [5, 5.41) is 9.70. The van der Waals surface area contributed by atoms with Crippen LogP contribution < -0.4 is 16.0 Å². The van der Waals surface area contributed by atoms with Crippen LogP contribution >= 0.6 is 0 Å². The number of hydrogen-bond donors (Lipinski definition) is 3. The lowest BCUT2D eigenvalue weighted by atomic mass is 10.0. The molecule has 2 aliphatic rings. The zero-order valence-electron chi connectivity index (χ0n) is 15.4. The molecule has 2 fully saturated rings. The Balaban J connectivity index is 1.54. The Labute approximate surface area is 146 Å². The fourth-order valence-electron chi connectivity index (χ4n) is 3.34. The molecule has 0 bridgehead atoms. The molecule has 0 radical (unpaired) electrons. The van der Waals surface area contributed by atoms with E-state index in [-0.39, 0.29) is 5.91 Å². The van der Waals surface area contributed by atoms with E-state index >= 15 is 0 Å². The van der Waals surface area contributed by atoms with Gasteiger partial charge in [-0.1, -0.05) is 13.3 Å². The summed E-state index contributed by atoms with van der Waals surface area (Å²) in [4.78, 5) is 18.5. The first kappa shape index (κ1) is 19.0. The SMILES string of the molecule is CCC1CCCCN1CCNC(=NC)NCCCC(=O)NC1CC1. The zero-order valence-corrected chi connectivity index (χ0v) is 15.4. The van der Waals surface area contributed by atoms with Crippen LogP contribution in [0.1, 0.15) is 58.3 Å². The molecule has 2 rings (SSSR count). The second-order valence-electron chi connectivity index (χ2n) is 6.96. The first-order chi connectivity index (χ1) is 11.7. The number of guanidine groups is 1. The van der Waals surface area contributed by atoms with E-state index in [2.05, 4.69) is 32.8 Å². The number of aliphatic imine (C=N–C) groups is 1. The minimum Gasteiger partial charge on any atom is -0.356 e. The maximum atomic E-state index is 11.6. The molecule has 1 heterocycles. The summed E-state index contributed by atoms with van der Waals surface area (Å²) >= 11 is 0. The standard InChI is InChI=1S/C18H35N5O/c1-3-16-7-4-5-13-23(16)14-12-21-18(19-2)20-11-6-8-17(24)22-15-9-10-15/h15-16H,3-14H2,1-2H3,(H,22,24)(H2,19,20,21). The molecule has 0 aromatic carbocycles. The highest BCUT2D eigenvalue weighted by Crippen LogP contribution is 2.19. The molecule has 0 aromatic rings. The molecule has 1 unspecified atom stereocenters. The maximum Gasteiger partial charge on any atom is 0.220 e. The smallest absolute Gasteiger partial charge is 0.220 e. The van der Waals surface area contributed by atoms with Crippen molar-refractivity contribution in [3.8, 4) is 0 Å². The summed E-state index contributed by atoms with van der Waals surface area (Å²) in [7, 11) is 1.80. The summed E-state index contributed by atoms with van der Waals surface area (Å²) in [6.45, 7) is 6.28. The summed E-state index contributed by atoms with van der Waals surface area (Å²) in [6, 6.07) is 1.21. The molecule has 1 amide bonds. The first-order valence-electron chi connectivity index (χ1n) is 9.71. The molecule has 6 heteroatoms. The Morgan fingerprint density at radius 1 is 1.17 bits per heavy atom. The van der Waals surface area contributed by atoms with Crippen LogP contribution in [0.4, 0.5) is 0 Å². The van der Waals surface area contributed by atoms with Gasteiger partial charge in [0.15, 0.2) is 5.96 Å². The highest BCUT2D eigenvalue weighted by atomic mass is 16.1. The maximum absolute atomic E-state index is 11.6. The van der Waals surface area contributed by atoms with Crippen molar-refractivity contribution < 1.29 is 4.79 Å². The molecule has 24 heavy (non-hydrogen) atoms. The van der Waals surface area contributed by atoms with Gasteiger partial charge < -0.3 is 16.0 Å². The quantitative estimate of drug-likeness (QED) is 0.339. The second-order valence-corrected chi connectivity index (χ2v) is 6.96. The molecule has 1 saturated heterocycles. The van der Waals surface area contributed by atoms with Gasteiger partial charge >= 0.3 is 0 Å². The monoisotopic (exact) mass is 337 g/mol. The van der Waals surface area contributed by atoms with Crippen LogP contribution in [-0.4, -0.2) is 62.1 Å². The van der Waals surface area contributed by atoms with Gasteiger partial charge in [-0.3, -0.25) is 14.7 Å². The Kier molecular flexibility index (Phi) is 8.36. The molecule has 1 saturated carbocycles. The molecule has 3 N–H and O–H groups in total. The lowest BCUT2D eigenvalue weighted by Gasteiger charge is -2.35. The van der Waals surface area contributed by atoms with Gasteiger partial charge in [0.2, 0.25) is 5.91 Å². The topological polar surface area (TPSA) is 68.8 Å². The second kappa shape index (κ2) is 10.5. The minimum absolute atomic E-state index is 0.179. The number of amides is 1. The van der Waals surface area contributed by atoms with Crippen molar-refractivity contribution in [1.82, 2.24) is 20.9 Å². The summed E-state index contributed by atoms with van der Waals surface area (Å²) in [6.07, 6.45) is 9.01. The molecule has 0 aromatic heterocycles. The molecule has 1 aliphatic carbocycles. The fraction of sp³-hybridized carbons (Fsp3) is 0.889. The van der Waals surface area contributed by atoms with Crippen molar-refractivity contribution in [1.29, 1.82) is 0 Å². The lowest BCUT2D eigenvalue weighted by molar-refractivity contribution is -0.121. The van der Waals surface area contributed by atoms with Crippen LogP contribution in [0.15, 0.2) is 4.99 Å². The molecule has 138 valence electrons. The van der Waals surface area contributed by atoms with Crippen molar-refractivity contribution in [2.24, 2.45) is 4.99 Å². The van der Waals surface area contributed by atoms with Crippen molar-refractivity contribution in [2.75, 3.05) is 33.2 Å². The van der Waals surface area contributed by atoms with E-state index in [0.717, 1.165) is 50.9 Å². The molecule has 1 atom stereocenters. The van der Waals surface area contributed by atoms with E-state index < -0.39 is 0 Å². The number of hydrogen-bond acceptors (Lipinski definition) is 3. The van der Waals surface area contributed by atoms with Crippen LogP contribution in [0.25, 0.3) is 0 Å².